The second-order valence-corrected chi connectivity index (χ2v) is 3.90. The molecule has 0 saturated carbocycles. The molecule has 0 radical (unpaired) electrons. The first-order chi connectivity index (χ1) is 7.67. The van der Waals surface area contributed by atoms with Gasteiger partial charge in [0.05, 0.1) is 25.8 Å². The average molecular weight is 232 g/mol. The van der Waals surface area contributed by atoms with Crippen molar-refractivity contribution in [2.45, 2.75) is 45.2 Å². The molecule has 0 spiro atoms. The Kier molecular flexibility index (Phi) is 9.18. The van der Waals surface area contributed by atoms with Gasteiger partial charge in [0, 0.05) is 6.04 Å². The largest absolute Gasteiger partial charge is 0.394 e. The van der Waals surface area contributed by atoms with Crippen molar-refractivity contribution in [3.63, 3.8) is 0 Å². The van der Waals surface area contributed by atoms with Crippen LogP contribution in [0.4, 0.5) is 0 Å². The second-order valence-electron chi connectivity index (χ2n) is 3.90. The van der Waals surface area contributed by atoms with Crippen LogP contribution in [0.15, 0.2) is 0 Å². The number of carbonyl (C=O) groups is 1. The predicted molar refractivity (Wildman–Crippen MR) is 63.1 cm³/mol. The summed E-state index contributed by atoms with van der Waals surface area (Å²) in [4.78, 5) is 11.4. The Morgan fingerprint density at radius 1 is 1.19 bits per heavy atom. The minimum atomic E-state index is -0.555. The average Bonchev–Trinajstić information content (AvgIpc) is 2.31. The number of carbonyl (C=O) groups excluding carboxylic acids is 1. The first kappa shape index (κ1) is 15.3. The maximum absolute atomic E-state index is 11.4. The number of aliphatic hydroxyl groups is 2. The van der Waals surface area contributed by atoms with Crippen LogP contribution in [0.3, 0.4) is 0 Å². The van der Waals surface area contributed by atoms with Crippen molar-refractivity contribution in [3.8, 4) is 0 Å². The third-order valence-electron chi connectivity index (χ3n) is 2.49. The molecule has 0 aliphatic heterocycles. The summed E-state index contributed by atoms with van der Waals surface area (Å²) < 4.78 is 0. The molecule has 1 unspecified atom stereocenters. The summed E-state index contributed by atoms with van der Waals surface area (Å²) in [5, 5.41) is 23.3. The standard InChI is InChI=1S/C11H24N2O3/c1-3-5-9(4-2)12-6-11(16)13-10(7-14)8-15/h9-10,12,14-15H,3-8H2,1-2H3,(H,13,16). The molecule has 5 nitrogen and oxygen atoms in total. The summed E-state index contributed by atoms with van der Waals surface area (Å²) in [6.07, 6.45) is 3.13. The molecule has 1 amide bonds. The second kappa shape index (κ2) is 9.57. The first-order valence-corrected chi connectivity index (χ1v) is 5.92. The Balaban J connectivity index is 3.78. The number of hydrogen-bond donors (Lipinski definition) is 4. The zero-order valence-corrected chi connectivity index (χ0v) is 10.2. The van der Waals surface area contributed by atoms with Crippen LogP contribution in [0.25, 0.3) is 0 Å². The van der Waals surface area contributed by atoms with Crippen molar-refractivity contribution >= 4 is 5.91 Å². The molecule has 0 aliphatic carbocycles. The number of nitrogens with one attached hydrogen (secondary N) is 2. The number of amides is 1. The van der Waals surface area contributed by atoms with Crippen molar-refractivity contribution in [2.24, 2.45) is 0 Å². The molecule has 0 heterocycles. The third kappa shape index (κ3) is 6.76. The minimum absolute atomic E-state index is 0.192. The lowest BCUT2D eigenvalue weighted by molar-refractivity contribution is -0.121. The van der Waals surface area contributed by atoms with Crippen LogP contribution in [0.2, 0.25) is 0 Å². The van der Waals surface area contributed by atoms with Crippen LogP contribution in [0.5, 0.6) is 0 Å². The quantitative estimate of drug-likeness (QED) is 0.437. The third-order valence-corrected chi connectivity index (χ3v) is 2.49. The van der Waals surface area contributed by atoms with Crippen LogP contribution in [0.1, 0.15) is 33.1 Å². The van der Waals surface area contributed by atoms with Gasteiger partial charge in [-0.2, -0.15) is 0 Å². The predicted octanol–water partition coefficient (Wildman–Crippen LogP) is -0.376. The van der Waals surface area contributed by atoms with E-state index in [4.69, 9.17) is 10.2 Å². The van der Waals surface area contributed by atoms with E-state index in [0.717, 1.165) is 19.3 Å². The lowest BCUT2D eigenvalue weighted by Crippen LogP contribution is -2.45. The fraction of sp³-hybridized carbons (Fsp3) is 0.909. The molecule has 0 aromatic rings. The molecule has 0 aliphatic rings. The van der Waals surface area contributed by atoms with E-state index in [0.29, 0.717) is 6.04 Å². The van der Waals surface area contributed by atoms with Gasteiger partial charge in [0.15, 0.2) is 0 Å². The summed E-state index contributed by atoms with van der Waals surface area (Å²) >= 11 is 0. The molecule has 5 heteroatoms. The molecular weight excluding hydrogens is 208 g/mol. The molecule has 4 N–H and O–H groups in total. The van der Waals surface area contributed by atoms with Crippen LogP contribution >= 0.6 is 0 Å². The van der Waals surface area contributed by atoms with E-state index in [-0.39, 0.29) is 25.7 Å². The van der Waals surface area contributed by atoms with E-state index in [1.54, 1.807) is 0 Å². The van der Waals surface area contributed by atoms with Crippen molar-refractivity contribution in [1.82, 2.24) is 10.6 Å². The van der Waals surface area contributed by atoms with Gasteiger partial charge in [0.1, 0.15) is 0 Å². The highest BCUT2D eigenvalue weighted by molar-refractivity contribution is 5.78. The van der Waals surface area contributed by atoms with Crippen molar-refractivity contribution < 1.29 is 15.0 Å². The molecule has 16 heavy (non-hydrogen) atoms. The zero-order chi connectivity index (χ0) is 12.4. The minimum Gasteiger partial charge on any atom is -0.394 e. The van der Waals surface area contributed by atoms with Gasteiger partial charge in [-0.25, -0.2) is 0 Å². The van der Waals surface area contributed by atoms with Crippen LogP contribution in [0, 0.1) is 0 Å². The van der Waals surface area contributed by atoms with Gasteiger partial charge in [0.25, 0.3) is 0 Å². The summed E-state index contributed by atoms with van der Waals surface area (Å²) in [6, 6.07) is -0.196. The van der Waals surface area contributed by atoms with Gasteiger partial charge in [-0.05, 0) is 12.8 Å². The van der Waals surface area contributed by atoms with E-state index in [1.165, 1.54) is 0 Å². The highest BCUT2D eigenvalue weighted by atomic mass is 16.3. The molecule has 0 saturated heterocycles. The molecular formula is C11H24N2O3. The summed E-state index contributed by atoms with van der Waals surface area (Å²) in [6.45, 7) is 3.94. The molecule has 0 rings (SSSR count). The number of hydrogen-bond acceptors (Lipinski definition) is 4. The van der Waals surface area contributed by atoms with Crippen LogP contribution in [-0.4, -0.2) is 48.0 Å². The number of aliphatic hydroxyl groups excluding tert-OH is 2. The SMILES string of the molecule is CCCC(CC)NCC(=O)NC(CO)CO. The van der Waals surface area contributed by atoms with Gasteiger partial charge in [-0.3, -0.25) is 4.79 Å². The molecule has 0 bridgehead atoms. The highest BCUT2D eigenvalue weighted by Crippen LogP contribution is 1.99. The van der Waals surface area contributed by atoms with E-state index in [9.17, 15) is 4.79 Å². The van der Waals surface area contributed by atoms with Gasteiger partial charge in [-0.15, -0.1) is 0 Å². The Bertz CT molecular complexity index is 184. The highest BCUT2D eigenvalue weighted by Gasteiger charge is 2.11. The summed E-state index contributed by atoms with van der Waals surface area (Å²) in [5.74, 6) is -0.192. The normalized spacial score (nSPS) is 12.8. The number of rotatable bonds is 9. The maximum atomic E-state index is 11.4. The Labute approximate surface area is 97.2 Å². The van der Waals surface area contributed by atoms with Crippen molar-refractivity contribution in [3.05, 3.63) is 0 Å². The van der Waals surface area contributed by atoms with E-state index < -0.39 is 6.04 Å². The van der Waals surface area contributed by atoms with Gasteiger partial charge < -0.3 is 20.8 Å². The maximum Gasteiger partial charge on any atom is 0.234 e. The van der Waals surface area contributed by atoms with Gasteiger partial charge >= 0.3 is 0 Å². The van der Waals surface area contributed by atoms with Crippen LogP contribution < -0.4 is 10.6 Å². The van der Waals surface area contributed by atoms with E-state index >= 15 is 0 Å². The summed E-state index contributed by atoms with van der Waals surface area (Å²) in [7, 11) is 0. The van der Waals surface area contributed by atoms with Crippen molar-refractivity contribution in [2.75, 3.05) is 19.8 Å². The van der Waals surface area contributed by atoms with E-state index in [1.807, 2.05) is 0 Å². The van der Waals surface area contributed by atoms with Gasteiger partial charge in [0.2, 0.25) is 5.91 Å². The smallest absolute Gasteiger partial charge is 0.234 e. The fourth-order valence-electron chi connectivity index (χ4n) is 1.46. The molecule has 0 aromatic heterocycles. The Morgan fingerprint density at radius 2 is 1.81 bits per heavy atom. The lowest BCUT2D eigenvalue weighted by atomic mass is 10.1. The summed E-state index contributed by atoms with van der Waals surface area (Å²) in [5.41, 5.74) is 0. The Hall–Kier alpha value is -0.650. The molecule has 96 valence electrons. The lowest BCUT2D eigenvalue weighted by Gasteiger charge is -2.17. The molecule has 0 fully saturated rings. The monoisotopic (exact) mass is 232 g/mol. The van der Waals surface area contributed by atoms with Gasteiger partial charge in [-0.1, -0.05) is 20.3 Å². The first-order valence-electron chi connectivity index (χ1n) is 5.92. The Morgan fingerprint density at radius 3 is 2.25 bits per heavy atom. The molecule has 0 aromatic carbocycles. The topological polar surface area (TPSA) is 81.6 Å². The fourth-order valence-corrected chi connectivity index (χ4v) is 1.46. The van der Waals surface area contributed by atoms with Crippen LogP contribution in [-0.2, 0) is 4.79 Å². The van der Waals surface area contributed by atoms with E-state index in [2.05, 4.69) is 24.5 Å². The molecule has 1 atom stereocenters. The van der Waals surface area contributed by atoms with Crippen molar-refractivity contribution in [1.29, 1.82) is 0 Å². The zero-order valence-electron chi connectivity index (χ0n) is 10.2.